The van der Waals surface area contributed by atoms with Gasteiger partial charge in [-0.25, -0.2) is 12.4 Å². The number of aromatic nitrogens is 1. The summed E-state index contributed by atoms with van der Waals surface area (Å²) in [4.78, 5) is 0.291. The van der Waals surface area contributed by atoms with Crippen LogP contribution in [0.5, 0.6) is 0 Å². The van der Waals surface area contributed by atoms with Crippen LogP contribution in [0.3, 0.4) is 0 Å². The van der Waals surface area contributed by atoms with Crippen molar-refractivity contribution in [2.45, 2.75) is 25.2 Å². The minimum Gasteiger partial charge on any atom is -0.242 e. The van der Waals surface area contributed by atoms with Crippen LogP contribution in [0.4, 0.5) is 0 Å². The van der Waals surface area contributed by atoms with Crippen LogP contribution in [0.2, 0.25) is 0 Å². The second-order valence-electron chi connectivity index (χ2n) is 4.44. The van der Waals surface area contributed by atoms with E-state index in [9.17, 15) is 8.42 Å². The van der Waals surface area contributed by atoms with E-state index in [1.54, 1.807) is 36.5 Å². The van der Waals surface area contributed by atoms with Gasteiger partial charge in [0.25, 0.3) is 10.0 Å². The molecule has 1 aromatic carbocycles. The predicted molar refractivity (Wildman–Crippen MR) is 77.7 cm³/mol. The summed E-state index contributed by atoms with van der Waals surface area (Å²) in [6.45, 7) is 7.59. The first-order valence-corrected chi connectivity index (χ1v) is 7.59. The first-order valence-electron chi connectivity index (χ1n) is 6.15. The van der Waals surface area contributed by atoms with Crippen molar-refractivity contribution in [2.24, 2.45) is 0 Å². The monoisotopic (exact) mass is 275 g/mol. The molecule has 3 nitrogen and oxygen atoms in total. The molecular formula is C15H17NO2S. The Kier molecular flexibility index (Phi) is 3.62. The lowest BCUT2D eigenvalue weighted by atomic mass is 10.2. The number of hydrogen-bond acceptors (Lipinski definition) is 2. The van der Waals surface area contributed by atoms with Gasteiger partial charge in [-0.05, 0) is 43.2 Å². The third kappa shape index (κ3) is 2.49. The summed E-state index contributed by atoms with van der Waals surface area (Å²) < 4.78 is 26.4. The van der Waals surface area contributed by atoms with Gasteiger partial charge < -0.3 is 0 Å². The summed E-state index contributed by atoms with van der Waals surface area (Å²) in [5.41, 5.74) is 2.60. The Hall–Kier alpha value is -1.81. The molecule has 0 saturated carbocycles. The number of nitrogens with zero attached hydrogens (tertiary/aromatic N) is 1. The van der Waals surface area contributed by atoms with Crippen LogP contribution in [-0.2, 0) is 16.4 Å². The van der Waals surface area contributed by atoms with E-state index in [0.29, 0.717) is 10.6 Å². The molecule has 0 amide bonds. The summed E-state index contributed by atoms with van der Waals surface area (Å²) in [5, 5.41) is 0. The third-order valence-electron chi connectivity index (χ3n) is 3.07. The van der Waals surface area contributed by atoms with Crippen LogP contribution in [0, 0.1) is 6.92 Å². The lowest BCUT2D eigenvalue weighted by Crippen LogP contribution is -2.13. The fourth-order valence-electron chi connectivity index (χ4n) is 1.89. The molecule has 1 heterocycles. The van der Waals surface area contributed by atoms with E-state index >= 15 is 0 Å². The van der Waals surface area contributed by atoms with Gasteiger partial charge in [0, 0.05) is 6.20 Å². The number of rotatable bonds is 4. The summed E-state index contributed by atoms with van der Waals surface area (Å²) in [7, 11) is -3.54. The minimum absolute atomic E-state index is 0.291. The van der Waals surface area contributed by atoms with Gasteiger partial charge in [-0.3, -0.25) is 0 Å². The Balaban J connectivity index is 2.59. The fourth-order valence-corrected chi connectivity index (χ4v) is 3.28. The van der Waals surface area contributed by atoms with Gasteiger partial charge in [0.05, 0.1) is 10.6 Å². The molecule has 0 aliphatic heterocycles. The van der Waals surface area contributed by atoms with Crippen molar-refractivity contribution in [2.75, 3.05) is 0 Å². The first kappa shape index (κ1) is 13.6. The molecule has 2 aromatic rings. The maximum absolute atomic E-state index is 12.6. The Morgan fingerprint density at radius 1 is 1.26 bits per heavy atom. The molecule has 0 radical (unpaired) electrons. The molecular weight excluding hydrogens is 258 g/mol. The molecule has 0 spiro atoms. The zero-order valence-corrected chi connectivity index (χ0v) is 11.9. The van der Waals surface area contributed by atoms with Crippen molar-refractivity contribution < 1.29 is 8.42 Å². The van der Waals surface area contributed by atoms with Crippen LogP contribution in [0.25, 0.3) is 6.08 Å². The van der Waals surface area contributed by atoms with E-state index in [0.717, 1.165) is 17.5 Å². The van der Waals surface area contributed by atoms with Crippen LogP contribution < -0.4 is 0 Å². The van der Waals surface area contributed by atoms with Gasteiger partial charge in [-0.1, -0.05) is 31.2 Å². The molecule has 4 heteroatoms. The molecule has 0 aliphatic rings. The normalized spacial score (nSPS) is 11.5. The van der Waals surface area contributed by atoms with Gasteiger partial charge in [-0.15, -0.1) is 0 Å². The molecule has 0 saturated heterocycles. The minimum atomic E-state index is -3.54. The molecule has 0 bridgehead atoms. The molecule has 1 aromatic heterocycles. The molecule has 0 atom stereocenters. The van der Waals surface area contributed by atoms with Gasteiger partial charge in [0.2, 0.25) is 0 Å². The second-order valence-corrected chi connectivity index (χ2v) is 6.26. The van der Waals surface area contributed by atoms with E-state index in [1.165, 1.54) is 3.97 Å². The van der Waals surface area contributed by atoms with Gasteiger partial charge >= 0.3 is 0 Å². The highest BCUT2D eigenvalue weighted by atomic mass is 32.2. The zero-order chi connectivity index (χ0) is 14.0. The van der Waals surface area contributed by atoms with Crippen molar-refractivity contribution in [1.82, 2.24) is 3.97 Å². The lowest BCUT2D eigenvalue weighted by molar-refractivity contribution is 0.587. The summed E-state index contributed by atoms with van der Waals surface area (Å²) in [6, 6.07) is 8.69. The number of benzene rings is 1. The molecule has 0 N–H and O–H groups in total. The third-order valence-corrected chi connectivity index (χ3v) is 4.77. The average molecular weight is 275 g/mol. The summed E-state index contributed by atoms with van der Waals surface area (Å²) >= 11 is 0. The van der Waals surface area contributed by atoms with Crippen LogP contribution >= 0.6 is 0 Å². The van der Waals surface area contributed by atoms with Gasteiger partial charge in [0.1, 0.15) is 0 Å². The summed E-state index contributed by atoms with van der Waals surface area (Å²) in [5.74, 6) is 0. The Labute approximate surface area is 114 Å². The quantitative estimate of drug-likeness (QED) is 0.859. The Morgan fingerprint density at radius 2 is 1.89 bits per heavy atom. The van der Waals surface area contributed by atoms with E-state index in [2.05, 4.69) is 6.58 Å². The van der Waals surface area contributed by atoms with E-state index in [4.69, 9.17) is 0 Å². The topological polar surface area (TPSA) is 39.1 Å². The molecule has 19 heavy (non-hydrogen) atoms. The molecule has 0 aliphatic carbocycles. The number of aryl methyl sites for hydroxylation is 2. The highest BCUT2D eigenvalue weighted by molar-refractivity contribution is 7.90. The predicted octanol–water partition coefficient (Wildman–Crippen LogP) is 3.24. The summed E-state index contributed by atoms with van der Waals surface area (Å²) in [6.07, 6.45) is 4.01. The maximum Gasteiger partial charge on any atom is 0.268 e. The average Bonchev–Trinajstić information content (AvgIpc) is 2.83. The van der Waals surface area contributed by atoms with Crippen LogP contribution in [-0.4, -0.2) is 12.4 Å². The van der Waals surface area contributed by atoms with Gasteiger partial charge in [-0.2, -0.15) is 0 Å². The second kappa shape index (κ2) is 5.05. The van der Waals surface area contributed by atoms with Crippen LogP contribution in [0.1, 0.15) is 23.7 Å². The van der Waals surface area contributed by atoms with Crippen molar-refractivity contribution in [1.29, 1.82) is 0 Å². The Morgan fingerprint density at radius 3 is 2.42 bits per heavy atom. The molecule has 2 rings (SSSR count). The van der Waals surface area contributed by atoms with E-state index in [-0.39, 0.29) is 0 Å². The molecule has 100 valence electrons. The van der Waals surface area contributed by atoms with E-state index < -0.39 is 10.0 Å². The molecule has 0 fully saturated rings. The Bertz CT molecular complexity index is 694. The van der Waals surface area contributed by atoms with Crippen molar-refractivity contribution in [3.63, 3.8) is 0 Å². The highest BCUT2D eigenvalue weighted by Crippen LogP contribution is 2.20. The van der Waals surface area contributed by atoms with E-state index in [1.807, 2.05) is 19.9 Å². The maximum atomic E-state index is 12.6. The van der Waals surface area contributed by atoms with Crippen LogP contribution in [0.15, 0.2) is 48.0 Å². The van der Waals surface area contributed by atoms with Crippen molar-refractivity contribution in [3.8, 4) is 0 Å². The lowest BCUT2D eigenvalue weighted by Gasteiger charge is -2.08. The number of hydrogen-bond donors (Lipinski definition) is 0. The molecule has 0 unspecified atom stereocenters. The SMILES string of the molecule is C=Cc1cc(CC)cn1S(=O)(=O)c1ccc(C)cc1. The smallest absolute Gasteiger partial charge is 0.242 e. The largest absolute Gasteiger partial charge is 0.268 e. The standard InChI is InChI=1S/C15H17NO2S/c1-4-13-10-14(5-2)16(11-13)19(17,18)15-8-6-12(3)7-9-15/h5-11H,2,4H2,1,3H3. The zero-order valence-electron chi connectivity index (χ0n) is 11.1. The van der Waals surface area contributed by atoms with Crippen molar-refractivity contribution >= 4 is 16.1 Å². The first-order chi connectivity index (χ1) is 8.98. The fraction of sp³-hybridized carbons (Fsp3) is 0.200. The van der Waals surface area contributed by atoms with Crippen molar-refractivity contribution in [3.05, 3.63) is 59.9 Å². The van der Waals surface area contributed by atoms with Gasteiger partial charge in [0.15, 0.2) is 0 Å². The highest BCUT2D eigenvalue weighted by Gasteiger charge is 2.19.